The summed E-state index contributed by atoms with van der Waals surface area (Å²) in [4.78, 5) is 11.0. The summed E-state index contributed by atoms with van der Waals surface area (Å²) in [5, 5.41) is 10.9. The van der Waals surface area contributed by atoms with E-state index < -0.39 is 6.09 Å². The molecule has 0 fully saturated rings. The van der Waals surface area contributed by atoms with Crippen molar-refractivity contribution in [2.24, 2.45) is 0 Å². The number of alkyl halides is 1. The molecular formula is C10H6Br2ClNO2. The molecule has 0 aliphatic rings. The van der Waals surface area contributed by atoms with E-state index in [4.69, 9.17) is 16.7 Å². The van der Waals surface area contributed by atoms with Crippen LogP contribution in [0.2, 0.25) is 5.02 Å². The first-order chi connectivity index (χ1) is 7.56. The Balaban J connectivity index is 2.91. The van der Waals surface area contributed by atoms with Crippen molar-refractivity contribution < 1.29 is 9.90 Å². The molecule has 0 saturated heterocycles. The number of carbonyl (C=O) groups is 1. The largest absolute Gasteiger partial charge is 0.464 e. The highest BCUT2D eigenvalue weighted by atomic mass is 79.9. The number of benzene rings is 1. The monoisotopic (exact) mass is 365 g/mol. The number of carboxylic acid groups (broad SMARTS) is 1. The summed E-state index contributed by atoms with van der Waals surface area (Å²) in [5.41, 5.74) is 1.39. The normalized spacial score (nSPS) is 10.9. The summed E-state index contributed by atoms with van der Waals surface area (Å²) in [7, 11) is 0. The fourth-order valence-corrected chi connectivity index (χ4v) is 3.02. The van der Waals surface area contributed by atoms with Crippen molar-refractivity contribution in [2.75, 3.05) is 0 Å². The lowest BCUT2D eigenvalue weighted by Crippen LogP contribution is -2.07. The Hall–Kier alpha value is -0.520. The summed E-state index contributed by atoms with van der Waals surface area (Å²) in [6.45, 7) is 0. The highest BCUT2D eigenvalue weighted by Gasteiger charge is 2.15. The third-order valence-corrected chi connectivity index (χ3v) is 4.15. The van der Waals surface area contributed by atoms with Crippen LogP contribution in [0.5, 0.6) is 0 Å². The predicted molar refractivity (Wildman–Crippen MR) is 70.7 cm³/mol. The molecule has 1 heterocycles. The van der Waals surface area contributed by atoms with Crippen molar-refractivity contribution in [1.29, 1.82) is 0 Å². The van der Waals surface area contributed by atoms with Gasteiger partial charge in [-0.1, -0.05) is 27.5 Å². The summed E-state index contributed by atoms with van der Waals surface area (Å²) < 4.78 is 1.93. The Labute approximate surface area is 113 Å². The van der Waals surface area contributed by atoms with Crippen LogP contribution in [-0.2, 0) is 5.33 Å². The van der Waals surface area contributed by atoms with Gasteiger partial charge in [0.2, 0.25) is 0 Å². The minimum absolute atomic E-state index is 0.499. The molecule has 0 saturated carbocycles. The van der Waals surface area contributed by atoms with Crippen LogP contribution in [0.15, 0.2) is 22.8 Å². The van der Waals surface area contributed by atoms with Gasteiger partial charge in [-0.25, -0.2) is 4.79 Å². The van der Waals surface area contributed by atoms with Crippen molar-refractivity contribution in [3.8, 4) is 0 Å². The Morgan fingerprint density at radius 1 is 1.56 bits per heavy atom. The quantitative estimate of drug-likeness (QED) is 0.755. The zero-order valence-electron chi connectivity index (χ0n) is 7.88. The van der Waals surface area contributed by atoms with Gasteiger partial charge in [-0.15, -0.1) is 0 Å². The second kappa shape index (κ2) is 4.39. The zero-order valence-corrected chi connectivity index (χ0v) is 11.8. The summed E-state index contributed by atoms with van der Waals surface area (Å²) >= 11 is 12.8. The first-order valence-electron chi connectivity index (χ1n) is 4.33. The van der Waals surface area contributed by atoms with Crippen molar-refractivity contribution in [2.45, 2.75) is 5.33 Å². The van der Waals surface area contributed by atoms with Gasteiger partial charge in [0.1, 0.15) is 0 Å². The smallest absolute Gasteiger partial charge is 0.416 e. The van der Waals surface area contributed by atoms with Crippen LogP contribution in [0.3, 0.4) is 0 Å². The number of hydrogen-bond donors (Lipinski definition) is 1. The summed E-state index contributed by atoms with van der Waals surface area (Å²) in [5.74, 6) is 0. The van der Waals surface area contributed by atoms with Gasteiger partial charge < -0.3 is 5.11 Å². The third-order valence-electron chi connectivity index (χ3n) is 2.30. The number of rotatable bonds is 1. The zero-order chi connectivity index (χ0) is 11.9. The maximum absolute atomic E-state index is 11.0. The molecule has 2 aromatic rings. The van der Waals surface area contributed by atoms with Crippen LogP contribution >= 0.6 is 43.5 Å². The standard InChI is InChI=1S/C10H6Br2ClNO2/c11-4-6-8(13)7(12)3-5-1-2-14(9(5)6)10(15)16/h1-3H,4H2,(H,15,16). The first kappa shape index (κ1) is 12.0. The first-order valence-corrected chi connectivity index (χ1v) is 6.62. The number of nitrogens with zero attached hydrogens (tertiary/aromatic N) is 1. The number of aromatic nitrogens is 1. The van der Waals surface area contributed by atoms with Gasteiger partial charge in [0, 0.05) is 26.9 Å². The van der Waals surface area contributed by atoms with Gasteiger partial charge in [0.15, 0.2) is 0 Å². The topological polar surface area (TPSA) is 42.2 Å². The molecule has 0 atom stereocenters. The summed E-state index contributed by atoms with van der Waals surface area (Å²) in [6.07, 6.45) is 0.498. The van der Waals surface area contributed by atoms with Crippen LogP contribution in [0.4, 0.5) is 4.79 Å². The Morgan fingerprint density at radius 2 is 2.25 bits per heavy atom. The SMILES string of the molecule is O=C(O)n1ccc2cc(Br)c(Cl)c(CBr)c21. The van der Waals surface area contributed by atoms with Gasteiger partial charge in [-0.3, -0.25) is 4.57 Å². The Kier molecular flexibility index (Phi) is 3.28. The van der Waals surface area contributed by atoms with Crippen LogP contribution in [0.1, 0.15) is 5.56 Å². The van der Waals surface area contributed by atoms with Crippen molar-refractivity contribution in [1.82, 2.24) is 4.57 Å². The van der Waals surface area contributed by atoms with E-state index in [9.17, 15) is 4.79 Å². The van der Waals surface area contributed by atoms with Gasteiger partial charge in [-0.05, 0) is 28.1 Å². The molecule has 0 radical (unpaired) electrons. The van der Waals surface area contributed by atoms with E-state index in [1.165, 1.54) is 10.8 Å². The highest BCUT2D eigenvalue weighted by Crippen LogP contribution is 2.35. The van der Waals surface area contributed by atoms with E-state index in [1.54, 1.807) is 6.07 Å². The van der Waals surface area contributed by atoms with Crippen LogP contribution in [0.25, 0.3) is 10.9 Å². The average Bonchev–Trinajstić information content (AvgIpc) is 2.63. The number of halogens is 3. The molecule has 0 unspecified atom stereocenters. The van der Waals surface area contributed by atoms with Crippen molar-refractivity contribution >= 4 is 60.5 Å². The molecular weight excluding hydrogens is 361 g/mol. The van der Waals surface area contributed by atoms with Gasteiger partial charge in [-0.2, -0.15) is 0 Å². The minimum atomic E-state index is -1.02. The number of hydrogen-bond acceptors (Lipinski definition) is 1. The Morgan fingerprint density at radius 3 is 2.81 bits per heavy atom. The lowest BCUT2D eigenvalue weighted by Gasteiger charge is -2.07. The average molecular weight is 367 g/mol. The van der Waals surface area contributed by atoms with Crippen molar-refractivity contribution in [3.05, 3.63) is 33.4 Å². The second-order valence-corrected chi connectivity index (χ2v) is 4.98. The predicted octanol–water partition coefficient (Wildman–Crippen LogP) is 4.48. The van der Waals surface area contributed by atoms with E-state index in [-0.39, 0.29) is 0 Å². The molecule has 84 valence electrons. The second-order valence-electron chi connectivity index (χ2n) is 3.19. The van der Waals surface area contributed by atoms with Gasteiger partial charge in [0.25, 0.3) is 0 Å². The lowest BCUT2D eigenvalue weighted by atomic mass is 10.1. The number of fused-ring (bicyclic) bond motifs is 1. The Bertz CT molecular complexity index is 580. The molecule has 3 nitrogen and oxygen atoms in total. The minimum Gasteiger partial charge on any atom is -0.464 e. The van der Waals surface area contributed by atoms with Gasteiger partial charge in [0.05, 0.1) is 10.5 Å². The maximum Gasteiger partial charge on any atom is 0.416 e. The van der Waals surface area contributed by atoms with Crippen LogP contribution < -0.4 is 0 Å². The van der Waals surface area contributed by atoms with Crippen molar-refractivity contribution in [3.63, 3.8) is 0 Å². The maximum atomic E-state index is 11.0. The molecule has 0 aliphatic carbocycles. The molecule has 6 heteroatoms. The molecule has 1 aromatic heterocycles. The molecule has 0 aliphatic heterocycles. The molecule has 2 rings (SSSR count). The van der Waals surface area contributed by atoms with E-state index in [0.717, 1.165) is 15.4 Å². The van der Waals surface area contributed by atoms with E-state index in [0.29, 0.717) is 15.9 Å². The van der Waals surface area contributed by atoms with Gasteiger partial charge >= 0.3 is 6.09 Å². The summed E-state index contributed by atoms with van der Waals surface area (Å²) in [6, 6.07) is 3.56. The molecule has 16 heavy (non-hydrogen) atoms. The molecule has 0 bridgehead atoms. The molecule has 1 aromatic carbocycles. The van der Waals surface area contributed by atoms with E-state index in [1.807, 2.05) is 6.07 Å². The third kappa shape index (κ3) is 1.77. The fourth-order valence-electron chi connectivity index (χ4n) is 1.61. The van der Waals surface area contributed by atoms with Crippen LogP contribution in [0, 0.1) is 0 Å². The molecule has 1 N–H and O–H groups in total. The van der Waals surface area contributed by atoms with Crippen LogP contribution in [-0.4, -0.2) is 15.8 Å². The molecule has 0 amide bonds. The lowest BCUT2D eigenvalue weighted by molar-refractivity contribution is 0.197. The van der Waals surface area contributed by atoms with E-state index >= 15 is 0 Å². The fraction of sp³-hybridized carbons (Fsp3) is 0.100. The van der Waals surface area contributed by atoms with E-state index in [2.05, 4.69) is 31.9 Å². The highest BCUT2D eigenvalue weighted by molar-refractivity contribution is 9.10. The molecule has 0 spiro atoms.